The summed E-state index contributed by atoms with van der Waals surface area (Å²) in [7, 11) is 2.06. The Labute approximate surface area is 197 Å². The molecule has 0 saturated carbocycles. The minimum atomic E-state index is -0.0450. The van der Waals surface area contributed by atoms with E-state index in [9.17, 15) is 4.79 Å². The van der Waals surface area contributed by atoms with Crippen LogP contribution in [0, 0.1) is 6.92 Å². The van der Waals surface area contributed by atoms with Gasteiger partial charge in [-0.2, -0.15) is 5.10 Å². The predicted molar refractivity (Wildman–Crippen MR) is 129 cm³/mol. The van der Waals surface area contributed by atoms with E-state index >= 15 is 0 Å². The molecule has 7 nitrogen and oxygen atoms in total. The lowest BCUT2D eigenvalue weighted by atomic mass is 9.94. The maximum Gasteiger partial charge on any atom is 0.226 e. The van der Waals surface area contributed by atoms with E-state index in [2.05, 4.69) is 32.3 Å². The zero-order valence-electron chi connectivity index (χ0n) is 18.6. The van der Waals surface area contributed by atoms with Crippen LogP contribution in [0.2, 0.25) is 5.02 Å². The first kappa shape index (κ1) is 21.6. The fourth-order valence-electron chi connectivity index (χ4n) is 4.60. The number of aromatic nitrogens is 4. The number of pyridine rings is 2. The predicted octanol–water partition coefficient (Wildman–Crippen LogP) is 3.53. The van der Waals surface area contributed by atoms with E-state index < -0.39 is 0 Å². The van der Waals surface area contributed by atoms with Crippen LogP contribution in [0.5, 0.6) is 0 Å². The molecule has 1 N–H and O–H groups in total. The highest BCUT2D eigenvalue weighted by molar-refractivity contribution is 6.31. The van der Waals surface area contributed by atoms with Crippen LogP contribution in [0.3, 0.4) is 0 Å². The van der Waals surface area contributed by atoms with Gasteiger partial charge in [-0.15, -0.1) is 0 Å². The molecule has 168 valence electrons. The SMILES string of the molecule is Cc1cc(-n2ncc3cc(CC(=O)N[C@H]4CN(C)C[C@@H]4c4ccccc4Cl)ncc32)ccn1. The van der Waals surface area contributed by atoms with Gasteiger partial charge in [0.05, 0.1) is 35.7 Å². The number of halogens is 1. The van der Waals surface area contributed by atoms with Crippen LogP contribution in [0.1, 0.15) is 22.9 Å². The normalized spacial score (nSPS) is 18.6. The van der Waals surface area contributed by atoms with E-state index in [-0.39, 0.29) is 24.3 Å². The summed E-state index contributed by atoms with van der Waals surface area (Å²) in [4.78, 5) is 23.9. The van der Waals surface area contributed by atoms with Crippen molar-refractivity contribution < 1.29 is 4.79 Å². The monoisotopic (exact) mass is 460 g/mol. The van der Waals surface area contributed by atoms with Crippen molar-refractivity contribution in [2.24, 2.45) is 0 Å². The highest BCUT2D eigenvalue weighted by atomic mass is 35.5. The molecule has 1 aromatic carbocycles. The Hall–Kier alpha value is -3.29. The van der Waals surface area contributed by atoms with Crippen LogP contribution < -0.4 is 5.32 Å². The van der Waals surface area contributed by atoms with Gasteiger partial charge in [0.2, 0.25) is 5.91 Å². The second kappa shape index (κ2) is 8.92. The second-order valence-electron chi connectivity index (χ2n) is 8.65. The lowest BCUT2D eigenvalue weighted by molar-refractivity contribution is -0.121. The van der Waals surface area contributed by atoms with Gasteiger partial charge in [0.1, 0.15) is 0 Å². The van der Waals surface area contributed by atoms with Crippen LogP contribution in [0.4, 0.5) is 0 Å². The zero-order chi connectivity index (χ0) is 22.9. The molecular weight excluding hydrogens is 436 g/mol. The fourth-order valence-corrected chi connectivity index (χ4v) is 4.87. The molecule has 1 aliphatic rings. The van der Waals surface area contributed by atoms with Crippen LogP contribution in [0.25, 0.3) is 16.6 Å². The molecule has 3 aromatic heterocycles. The number of carbonyl (C=O) groups excluding carboxylic acids is 1. The van der Waals surface area contributed by atoms with E-state index in [4.69, 9.17) is 11.6 Å². The average Bonchev–Trinajstić information content (AvgIpc) is 3.37. The molecule has 1 fully saturated rings. The third-order valence-corrected chi connectivity index (χ3v) is 6.48. The average molecular weight is 461 g/mol. The Morgan fingerprint density at radius 2 is 2.00 bits per heavy atom. The summed E-state index contributed by atoms with van der Waals surface area (Å²) in [5.74, 6) is 0.112. The molecule has 2 atom stereocenters. The summed E-state index contributed by atoms with van der Waals surface area (Å²) < 4.78 is 1.84. The van der Waals surface area contributed by atoms with Gasteiger partial charge in [-0.05, 0) is 43.8 Å². The van der Waals surface area contributed by atoms with Gasteiger partial charge in [-0.3, -0.25) is 14.8 Å². The van der Waals surface area contributed by atoms with Gasteiger partial charge >= 0.3 is 0 Å². The summed E-state index contributed by atoms with van der Waals surface area (Å²) >= 11 is 6.44. The third kappa shape index (κ3) is 4.47. The van der Waals surface area contributed by atoms with Gasteiger partial charge in [-0.1, -0.05) is 29.8 Å². The lowest BCUT2D eigenvalue weighted by Crippen LogP contribution is -2.40. The molecule has 1 saturated heterocycles. The quantitative estimate of drug-likeness (QED) is 0.493. The number of amides is 1. The summed E-state index contributed by atoms with van der Waals surface area (Å²) in [6.07, 6.45) is 5.55. The van der Waals surface area contributed by atoms with Gasteiger partial charge < -0.3 is 10.2 Å². The lowest BCUT2D eigenvalue weighted by Gasteiger charge is -2.21. The van der Waals surface area contributed by atoms with Crippen molar-refractivity contribution in [1.29, 1.82) is 0 Å². The maximum absolute atomic E-state index is 12.9. The van der Waals surface area contributed by atoms with Crippen molar-refractivity contribution in [2.45, 2.75) is 25.3 Å². The van der Waals surface area contributed by atoms with Crippen LogP contribution in [-0.4, -0.2) is 56.7 Å². The van der Waals surface area contributed by atoms with Crippen molar-refractivity contribution in [1.82, 2.24) is 30.0 Å². The molecule has 33 heavy (non-hydrogen) atoms. The van der Waals surface area contributed by atoms with Crippen LogP contribution in [0.15, 0.2) is 61.1 Å². The van der Waals surface area contributed by atoms with Gasteiger partial charge in [0.25, 0.3) is 0 Å². The van der Waals surface area contributed by atoms with Crippen LogP contribution in [-0.2, 0) is 11.2 Å². The summed E-state index contributed by atoms with van der Waals surface area (Å²) in [5, 5.41) is 9.40. The summed E-state index contributed by atoms with van der Waals surface area (Å²) in [6.45, 7) is 3.58. The van der Waals surface area contributed by atoms with Crippen molar-refractivity contribution in [2.75, 3.05) is 20.1 Å². The number of likely N-dealkylation sites (tertiary alicyclic amines) is 1. The van der Waals surface area contributed by atoms with Crippen molar-refractivity contribution in [3.05, 3.63) is 83.0 Å². The highest BCUT2D eigenvalue weighted by Gasteiger charge is 2.34. The Morgan fingerprint density at radius 3 is 2.82 bits per heavy atom. The summed E-state index contributed by atoms with van der Waals surface area (Å²) in [5.41, 5.74) is 4.53. The Morgan fingerprint density at radius 1 is 1.15 bits per heavy atom. The number of nitrogens with zero attached hydrogens (tertiary/aromatic N) is 5. The van der Waals surface area contributed by atoms with E-state index in [0.717, 1.165) is 46.0 Å². The minimum Gasteiger partial charge on any atom is -0.351 e. The molecule has 0 spiro atoms. The van der Waals surface area contributed by atoms with E-state index in [1.807, 2.05) is 54.1 Å². The number of hydrogen-bond acceptors (Lipinski definition) is 5. The number of rotatable bonds is 5. The van der Waals surface area contributed by atoms with Crippen molar-refractivity contribution >= 4 is 28.4 Å². The molecule has 4 aromatic rings. The number of aryl methyl sites for hydroxylation is 1. The molecule has 0 aliphatic carbocycles. The molecule has 1 amide bonds. The van der Waals surface area contributed by atoms with Crippen molar-refractivity contribution in [3.8, 4) is 5.69 Å². The number of benzene rings is 1. The van der Waals surface area contributed by atoms with E-state index in [1.54, 1.807) is 18.6 Å². The van der Waals surface area contributed by atoms with Gasteiger partial charge in [0.15, 0.2) is 0 Å². The van der Waals surface area contributed by atoms with E-state index in [0.29, 0.717) is 5.69 Å². The molecule has 5 rings (SSSR count). The smallest absolute Gasteiger partial charge is 0.226 e. The maximum atomic E-state index is 12.9. The largest absolute Gasteiger partial charge is 0.351 e. The highest BCUT2D eigenvalue weighted by Crippen LogP contribution is 2.31. The Balaban J connectivity index is 1.31. The number of fused-ring (bicyclic) bond motifs is 1. The summed E-state index contributed by atoms with van der Waals surface area (Å²) in [6, 6.07) is 13.7. The van der Waals surface area contributed by atoms with E-state index in [1.165, 1.54) is 0 Å². The third-order valence-electron chi connectivity index (χ3n) is 6.13. The molecule has 8 heteroatoms. The van der Waals surface area contributed by atoms with Gasteiger partial charge in [-0.25, -0.2) is 4.68 Å². The topological polar surface area (TPSA) is 75.9 Å². The first-order valence-electron chi connectivity index (χ1n) is 11.0. The van der Waals surface area contributed by atoms with Crippen LogP contribution >= 0.6 is 11.6 Å². The molecule has 1 aliphatic heterocycles. The molecule has 0 unspecified atom stereocenters. The fraction of sp³-hybridized carbons (Fsp3) is 0.280. The molecule has 0 bridgehead atoms. The first-order valence-corrected chi connectivity index (χ1v) is 11.3. The number of hydrogen-bond donors (Lipinski definition) is 1. The number of nitrogens with one attached hydrogen (secondary N) is 1. The zero-order valence-corrected chi connectivity index (χ0v) is 19.3. The minimum absolute atomic E-state index is 0.00353. The van der Waals surface area contributed by atoms with Gasteiger partial charge in [0, 0.05) is 47.3 Å². The number of likely N-dealkylation sites (N-methyl/N-ethyl adjacent to an activating group) is 1. The Bertz CT molecular complexity index is 1320. The Kier molecular flexibility index (Phi) is 5.83. The molecule has 0 radical (unpaired) electrons. The number of carbonyl (C=O) groups is 1. The molecular formula is C25H25ClN6O. The second-order valence-corrected chi connectivity index (χ2v) is 9.05. The van der Waals surface area contributed by atoms with Crippen molar-refractivity contribution in [3.63, 3.8) is 0 Å². The first-order chi connectivity index (χ1) is 16.0. The standard InChI is InChI=1S/C25H25ClN6O/c1-16-9-19(7-8-27-16)32-24-13-28-18(10-17(24)12-29-32)11-25(33)30-23-15-31(2)14-21(23)20-5-3-4-6-22(20)26/h3-10,12-13,21,23H,11,14-15H2,1-2H3,(H,30,33)/t21-,23+/m1/s1. The molecule has 4 heterocycles.